The molecule has 5 rings (SSSR count). The Morgan fingerprint density at radius 3 is 1.09 bits per heavy atom. The van der Waals surface area contributed by atoms with E-state index in [4.69, 9.17) is 9.47 Å². The zero-order valence-electron chi connectivity index (χ0n) is 27.9. The maximum Gasteiger partial charge on any atom is 0.139 e. The maximum atomic E-state index is 5.95. The molecule has 5 aromatic rings. The summed E-state index contributed by atoms with van der Waals surface area (Å²) in [4.78, 5) is 2.32. The fourth-order valence-electron chi connectivity index (χ4n) is 5.67. The zero-order chi connectivity index (χ0) is 32.0. The van der Waals surface area contributed by atoms with Gasteiger partial charge in [-0.3, -0.25) is 0 Å². The van der Waals surface area contributed by atoms with Gasteiger partial charge >= 0.3 is 0 Å². The number of rotatable bonds is 17. The third-order valence-electron chi connectivity index (χ3n) is 8.45. The first-order chi connectivity index (χ1) is 22.6. The van der Waals surface area contributed by atoms with E-state index < -0.39 is 0 Å². The third-order valence-corrected chi connectivity index (χ3v) is 8.45. The van der Waals surface area contributed by atoms with E-state index in [0.29, 0.717) is 0 Å². The molecule has 236 valence electrons. The number of unbranched alkanes of at least 4 members (excludes halogenated alkanes) is 6. The topological polar surface area (TPSA) is 21.7 Å². The minimum Gasteiger partial charge on any atom is -0.494 e. The number of anilines is 3. The second-order valence-corrected chi connectivity index (χ2v) is 12.1. The largest absolute Gasteiger partial charge is 0.494 e. The number of benzene rings is 5. The van der Waals surface area contributed by atoms with Gasteiger partial charge < -0.3 is 14.4 Å². The molecule has 0 heterocycles. The van der Waals surface area contributed by atoms with Crippen LogP contribution in [0.15, 0.2) is 121 Å². The Morgan fingerprint density at radius 1 is 0.413 bits per heavy atom. The van der Waals surface area contributed by atoms with Gasteiger partial charge in [0.1, 0.15) is 19.3 Å². The maximum absolute atomic E-state index is 5.95. The summed E-state index contributed by atoms with van der Waals surface area (Å²) in [6.07, 6.45) is 9.71. The van der Waals surface area contributed by atoms with Crippen LogP contribution in [0, 0.1) is 0 Å². The highest BCUT2D eigenvalue weighted by Gasteiger charge is 2.13. The van der Waals surface area contributed by atoms with Gasteiger partial charge in [0.2, 0.25) is 0 Å². The lowest BCUT2D eigenvalue weighted by molar-refractivity contribution is 0.305. The van der Waals surface area contributed by atoms with Gasteiger partial charge in [-0.25, -0.2) is 0 Å². The van der Waals surface area contributed by atoms with Crippen LogP contribution >= 0.6 is 0 Å². The first-order valence-electron chi connectivity index (χ1n) is 17.2. The minimum absolute atomic E-state index is 0.782. The fraction of sp³-hybridized carbons (Fsp3) is 0.286. The van der Waals surface area contributed by atoms with E-state index in [9.17, 15) is 0 Å². The zero-order valence-corrected chi connectivity index (χ0v) is 27.9. The van der Waals surface area contributed by atoms with E-state index in [1.54, 1.807) is 0 Å². The average molecular weight is 610 g/mol. The van der Waals surface area contributed by atoms with Crippen molar-refractivity contribution in [1.82, 2.24) is 0 Å². The first kappa shape index (κ1) is 32.9. The van der Waals surface area contributed by atoms with E-state index in [2.05, 4.69) is 148 Å². The molecule has 0 aliphatic rings. The Balaban J connectivity index is 1.29. The first-order valence-corrected chi connectivity index (χ1v) is 17.2. The van der Waals surface area contributed by atoms with Crippen LogP contribution in [-0.4, -0.2) is 21.1 Å². The average Bonchev–Trinajstić information content (AvgIpc) is 3.10. The van der Waals surface area contributed by atoms with Gasteiger partial charge in [0, 0.05) is 17.1 Å². The molecule has 0 bridgehead atoms. The van der Waals surface area contributed by atoms with Crippen LogP contribution in [0.25, 0.3) is 22.3 Å². The number of nitrogens with zero attached hydrogens (tertiary/aromatic N) is 1. The standard InChI is InChI=1S/C42H48BNO2/c1-3-5-7-9-31-45-41-27-15-35(16-28-41)33-11-21-38(22-12-33)44(40-25-19-37(43)20-26-40)39-23-13-34(14-24-39)36-17-29-42(30-18-36)46-32-10-8-6-4-2/h11-30H,3-10,31-32,43H2,1-2H3. The van der Waals surface area contributed by atoms with Crippen molar-refractivity contribution in [2.75, 3.05) is 18.1 Å². The smallest absolute Gasteiger partial charge is 0.139 e. The van der Waals surface area contributed by atoms with Crippen molar-refractivity contribution in [2.24, 2.45) is 0 Å². The molecule has 4 heteroatoms. The van der Waals surface area contributed by atoms with Gasteiger partial charge in [-0.15, -0.1) is 0 Å². The Morgan fingerprint density at radius 2 is 0.739 bits per heavy atom. The normalized spacial score (nSPS) is 10.9. The summed E-state index contributed by atoms with van der Waals surface area (Å²) in [7, 11) is 2.13. The summed E-state index contributed by atoms with van der Waals surface area (Å²) >= 11 is 0. The molecule has 0 unspecified atom stereocenters. The molecule has 0 N–H and O–H groups in total. The summed E-state index contributed by atoms with van der Waals surface area (Å²) in [5.74, 6) is 1.88. The molecule has 0 atom stereocenters. The second-order valence-electron chi connectivity index (χ2n) is 12.1. The Labute approximate surface area is 277 Å². The lowest BCUT2D eigenvalue weighted by atomic mass is 9.96. The summed E-state index contributed by atoms with van der Waals surface area (Å²) < 4.78 is 11.9. The van der Waals surface area contributed by atoms with Crippen molar-refractivity contribution in [3.05, 3.63) is 121 Å². The lowest BCUT2D eigenvalue weighted by Crippen LogP contribution is -2.11. The van der Waals surface area contributed by atoms with Crippen molar-refractivity contribution in [1.29, 1.82) is 0 Å². The molecule has 0 amide bonds. The number of hydrogen-bond donors (Lipinski definition) is 0. The second kappa shape index (κ2) is 17.3. The molecule has 0 saturated heterocycles. The van der Waals surface area contributed by atoms with E-state index in [1.807, 2.05) is 0 Å². The Kier molecular flexibility index (Phi) is 12.4. The van der Waals surface area contributed by atoms with Gasteiger partial charge in [-0.2, -0.15) is 0 Å². The molecular weight excluding hydrogens is 561 g/mol. The van der Waals surface area contributed by atoms with Crippen LogP contribution in [0.3, 0.4) is 0 Å². The molecule has 0 aliphatic carbocycles. The van der Waals surface area contributed by atoms with Crippen molar-refractivity contribution in [3.63, 3.8) is 0 Å². The SMILES string of the molecule is Bc1ccc(N(c2ccc(-c3ccc(OCCCCCC)cc3)cc2)c2ccc(-c3ccc(OCCCCCC)cc3)cc2)cc1. The van der Waals surface area contributed by atoms with Crippen LogP contribution < -0.4 is 19.8 Å². The molecule has 5 aromatic carbocycles. The van der Waals surface area contributed by atoms with Gasteiger partial charge in [-0.05, 0) is 95.8 Å². The number of hydrogen-bond acceptors (Lipinski definition) is 3. The minimum atomic E-state index is 0.782. The molecular formula is C42H48BNO2. The van der Waals surface area contributed by atoms with Crippen molar-refractivity contribution in [3.8, 4) is 33.8 Å². The van der Waals surface area contributed by atoms with Crippen LogP contribution in [0.2, 0.25) is 0 Å². The quantitative estimate of drug-likeness (QED) is 0.0773. The molecule has 0 radical (unpaired) electrons. The van der Waals surface area contributed by atoms with Crippen molar-refractivity contribution in [2.45, 2.75) is 65.2 Å². The predicted molar refractivity (Wildman–Crippen MR) is 199 cm³/mol. The Bertz CT molecular complexity index is 1480. The monoisotopic (exact) mass is 609 g/mol. The van der Waals surface area contributed by atoms with Gasteiger partial charge in [-0.1, -0.05) is 118 Å². The summed E-state index contributed by atoms with van der Waals surface area (Å²) in [6.45, 7) is 6.03. The van der Waals surface area contributed by atoms with E-state index in [1.165, 1.54) is 66.2 Å². The molecule has 3 nitrogen and oxygen atoms in total. The number of ether oxygens (including phenoxy) is 2. The lowest BCUT2D eigenvalue weighted by Gasteiger charge is -2.26. The van der Waals surface area contributed by atoms with Crippen LogP contribution in [0.1, 0.15) is 65.2 Å². The molecule has 0 fully saturated rings. The molecule has 0 spiro atoms. The Hall–Kier alpha value is -4.44. The van der Waals surface area contributed by atoms with E-state index in [0.717, 1.165) is 54.6 Å². The molecule has 0 saturated carbocycles. The van der Waals surface area contributed by atoms with Crippen molar-refractivity contribution < 1.29 is 9.47 Å². The van der Waals surface area contributed by atoms with Crippen LogP contribution in [0.5, 0.6) is 11.5 Å². The summed E-state index contributed by atoms with van der Waals surface area (Å²) in [5.41, 5.74) is 9.36. The van der Waals surface area contributed by atoms with Crippen LogP contribution in [0.4, 0.5) is 17.1 Å². The van der Waals surface area contributed by atoms with Gasteiger partial charge in [0.25, 0.3) is 0 Å². The third kappa shape index (κ3) is 9.30. The highest BCUT2D eigenvalue weighted by molar-refractivity contribution is 6.32. The highest BCUT2D eigenvalue weighted by Crippen LogP contribution is 2.36. The molecule has 46 heavy (non-hydrogen) atoms. The highest BCUT2D eigenvalue weighted by atomic mass is 16.5. The summed E-state index contributed by atoms with van der Waals surface area (Å²) in [5, 5.41) is 0. The predicted octanol–water partition coefficient (Wildman–Crippen LogP) is 10.7. The molecule has 0 aliphatic heterocycles. The van der Waals surface area contributed by atoms with Gasteiger partial charge in [0.05, 0.1) is 13.2 Å². The molecule has 0 aromatic heterocycles. The summed E-state index contributed by atoms with van der Waals surface area (Å²) in [6, 6.07) is 43.3. The fourth-order valence-corrected chi connectivity index (χ4v) is 5.67. The van der Waals surface area contributed by atoms with E-state index >= 15 is 0 Å². The van der Waals surface area contributed by atoms with Crippen LogP contribution in [-0.2, 0) is 0 Å². The van der Waals surface area contributed by atoms with Crippen molar-refractivity contribution >= 4 is 30.4 Å². The van der Waals surface area contributed by atoms with E-state index in [-0.39, 0.29) is 0 Å². The van der Waals surface area contributed by atoms with Gasteiger partial charge in [0.15, 0.2) is 0 Å².